The summed E-state index contributed by atoms with van der Waals surface area (Å²) in [5.74, 6) is 3.45. The predicted octanol–water partition coefficient (Wildman–Crippen LogP) is 9.40. The molecule has 5 aromatic rings. The van der Waals surface area contributed by atoms with Gasteiger partial charge in [0.25, 0.3) is 0 Å². The van der Waals surface area contributed by atoms with Crippen molar-refractivity contribution in [3.05, 3.63) is 84.4 Å². The molecule has 5 unspecified atom stereocenters. The van der Waals surface area contributed by atoms with Crippen LogP contribution in [0.3, 0.4) is 0 Å². The zero-order valence-corrected chi connectivity index (χ0v) is 22.8. The van der Waals surface area contributed by atoms with E-state index in [0.29, 0.717) is 18.3 Å². The van der Waals surface area contributed by atoms with Gasteiger partial charge in [-0.1, -0.05) is 50.2 Å². The molecule has 2 bridgehead atoms. The van der Waals surface area contributed by atoms with Crippen molar-refractivity contribution in [1.29, 1.82) is 0 Å². The van der Waals surface area contributed by atoms with Crippen molar-refractivity contribution >= 4 is 49.1 Å². The Hall–Kier alpha value is -3.39. The summed E-state index contributed by atoms with van der Waals surface area (Å²) < 4.78 is 6.15. The van der Waals surface area contributed by atoms with E-state index in [4.69, 9.17) is 4.74 Å². The minimum absolute atomic E-state index is 0.0512. The molecular formula is C36H36O2. The van der Waals surface area contributed by atoms with E-state index in [1.165, 1.54) is 55.9 Å². The van der Waals surface area contributed by atoms with Gasteiger partial charge in [0.05, 0.1) is 0 Å². The molecule has 5 aromatic carbocycles. The lowest BCUT2D eigenvalue weighted by Crippen LogP contribution is -2.30. The number of benzene rings is 5. The lowest BCUT2D eigenvalue weighted by atomic mass is 9.74. The minimum atomic E-state index is -0.668. The van der Waals surface area contributed by atoms with Crippen molar-refractivity contribution in [3.8, 4) is 0 Å². The van der Waals surface area contributed by atoms with Crippen LogP contribution in [-0.4, -0.2) is 5.97 Å². The molecule has 0 spiro atoms. The Labute approximate surface area is 225 Å². The molecule has 0 aliphatic heterocycles. The standard InChI is InChI=1S/C36H36O2/c1-21-22(2)34-19-26(21)14-32(34)20-35(37)38-36(3,4)33-10-9-25-13-29-15-27-11-23-7-5-6-8-24(23)12-28(27)16-30(29)17-31(25)18-33/h5-13,15-18,21-22,26,32,34H,14,19-20H2,1-4H3. The predicted molar refractivity (Wildman–Crippen MR) is 158 cm³/mol. The van der Waals surface area contributed by atoms with Gasteiger partial charge in [0.15, 0.2) is 0 Å². The Kier molecular flexibility index (Phi) is 5.34. The molecule has 0 N–H and O–H groups in total. The SMILES string of the molecule is CC1C2CC(CC(=O)OC(C)(C)c3ccc4cc5cc6cc7ccccc7cc6cc5cc4c3)C(C2)C1C. The lowest BCUT2D eigenvalue weighted by Gasteiger charge is -2.32. The molecule has 192 valence electrons. The number of fused-ring (bicyclic) bond motifs is 6. The quantitative estimate of drug-likeness (QED) is 0.181. The molecule has 2 aliphatic rings. The molecular weight excluding hydrogens is 464 g/mol. The number of rotatable bonds is 4. The van der Waals surface area contributed by atoms with E-state index >= 15 is 0 Å². The Bertz CT molecular complexity index is 1730. The van der Waals surface area contributed by atoms with Crippen LogP contribution in [-0.2, 0) is 15.1 Å². The van der Waals surface area contributed by atoms with Crippen LogP contribution >= 0.6 is 0 Å². The summed E-state index contributed by atoms with van der Waals surface area (Å²) in [5, 5.41) is 9.90. The van der Waals surface area contributed by atoms with Gasteiger partial charge in [-0.05, 0) is 147 Å². The smallest absolute Gasteiger partial charge is 0.306 e. The summed E-state index contributed by atoms with van der Waals surface area (Å²) >= 11 is 0. The Morgan fingerprint density at radius 2 is 1.24 bits per heavy atom. The molecule has 2 saturated carbocycles. The van der Waals surface area contributed by atoms with Crippen molar-refractivity contribution in [3.63, 3.8) is 0 Å². The molecule has 2 heteroatoms. The van der Waals surface area contributed by atoms with Crippen LogP contribution in [0.4, 0.5) is 0 Å². The molecule has 0 radical (unpaired) electrons. The normalized spacial score (nSPS) is 25.1. The molecule has 2 fully saturated rings. The van der Waals surface area contributed by atoms with Gasteiger partial charge in [0.1, 0.15) is 5.60 Å². The largest absolute Gasteiger partial charge is 0.455 e. The van der Waals surface area contributed by atoms with Gasteiger partial charge in [0, 0.05) is 6.42 Å². The summed E-state index contributed by atoms with van der Waals surface area (Å²) in [5.41, 5.74) is 0.374. The second-order valence-electron chi connectivity index (χ2n) is 12.7. The molecule has 38 heavy (non-hydrogen) atoms. The van der Waals surface area contributed by atoms with Crippen molar-refractivity contribution in [2.45, 2.75) is 52.6 Å². The summed E-state index contributed by atoms with van der Waals surface area (Å²) in [6.07, 6.45) is 3.05. The third kappa shape index (κ3) is 3.88. The highest BCUT2D eigenvalue weighted by Gasteiger charge is 2.49. The second kappa shape index (κ2) is 8.56. The monoisotopic (exact) mass is 500 g/mol. The van der Waals surface area contributed by atoms with E-state index in [1.54, 1.807) is 0 Å². The summed E-state index contributed by atoms with van der Waals surface area (Å²) in [6.45, 7) is 8.81. The third-order valence-corrected chi connectivity index (χ3v) is 10.1. The molecule has 0 heterocycles. The molecule has 2 aliphatic carbocycles. The van der Waals surface area contributed by atoms with Crippen molar-refractivity contribution < 1.29 is 9.53 Å². The van der Waals surface area contributed by atoms with Crippen LogP contribution < -0.4 is 0 Å². The first-order valence-electron chi connectivity index (χ1n) is 14.3. The van der Waals surface area contributed by atoms with Gasteiger partial charge in [-0.3, -0.25) is 4.79 Å². The fourth-order valence-electron chi connectivity index (χ4n) is 7.75. The number of carbonyl (C=O) groups excluding carboxylic acids is 1. The number of hydrogen-bond acceptors (Lipinski definition) is 2. The van der Waals surface area contributed by atoms with Crippen LogP contribution in [0.15, 0.2) is 78.9 Å². The Balaban J connectivity index is 1.17. The Morgan fingerprint density at radius 1 is 0.711 bits per heavy atom. The van der Waals surface area contributed by atoms with Crippen LogP contribution in [0.25, 0.3) is 43.1 Å². The minimum Gasteiger partial charge on any atom is -0.455 e. The molecule has 2 nitrogen and oxygen atoms in total. The highest BCUT2D eigenvalue weighted by molar-refractivity contribution is 6.08. The van der Waals surface area contributed by atoms with Crippen molar-refractivity contribution in [2.24, 2.45) is 29.6 Å². The van der Waals surface area contributed by atoms with E-state index in [2.05, 4.69) is 92.7 Å². The number of hydrogen-bond donors (Lipinski definition) is 0. The summed E-state index contributed by atoms with van der Waals surface area (Å²) in [7, 11) is 0. The first-order chi connectivity index (χ1) is 18.2. The van der Waals surface area contributed by atoms with Crippen LogP contribution in [0.1, 0.15) is 52.5 Å². The lowest BCUT2D eigenvalue weighted by molar-refractivity contribution is -0.159. The maximum Gasteiger partial charge on any atom is 0.306 e. The highest BCUT2D eigenvalue weighted by atomic mass is 16.6. The zero-order chi connectivity index (χ0) is 26.2. The van der Waals surface area contributed by atoms with E-state index in [9.17, 15) is 4.79 Å². The zero-order valence-electron chi connectivity index (χ0n) is 22.8. The topological polar surface area (TPSA) is 26.3 Å². The summed E-state index contributed by atoms with van der Waals surface area (Å²) in [4.78, 5) is 13.1. The van der Waals surface area contributed by atoms with Gasteiger partial charge in [-0.15, -0.1) is 0 Å². The number of ether oxygens (including phenoxy) is 1. The Morgan fingerprint density at radius 3 is 1.79 bits per heavy atom. The maximum absolute atomic E-state index is 13.1. The van der Waals surface area contributed by atoms with Gasteiger partial charge in [-0.2, -0.15) is 0 Å². The molecule has 0 aromatic heterocycles. The average molecular weight is 501 g/mol. The van der Waals surface area contributed by atoms with Gasteiger partial charge in [0.2, 0.25) is 0 Å². The van der Waals surface area contributed by atoms with E-state index in [1.807, 2.05) is 13.8 Å². The molecule has 0 saturated heterocycles. The number of esters is 1. The fourth-order valence-corrected chi connectivity index (χ4v) is 7.75. The van der Waals surface area contributed by atoms with Crippen LogP contribution in [0.5, 0.6) is 0 Å². The van der Waals surface area contributed by atoms with E-state index < -0.39 is 5.60 Å². The van der Waals surface area contributed by atoms with E-state index in [-0.39, 0.29) is 5.97 Å². The number of carbonyl (C=O) groups is 1. The molecule has 5 atom stereocenters. The van der Waals surface area contributed by atoms with Crippen molar-refractivity contribution in [1.82, 2.24) is 0 Å². The second-order valence-corrected chi connectivity index (χ2v) is 12.7. The van der Waals surface area contributed by atoms with Gasteiger partial charge >= 0.3 is 5.97 Å². The van der Waals surface area contributed by atoms with Gasteiger partial charge < -0.3 is 4.74 Å². The first-order valence-corrected chi connectivity index (χ1v) is 14.3. The molecule has 0 amide bonds. The van der Waals surface area contributed by atoms with Crippen LogP contribution in [0, 0.1) is 29.6 Å². The third-order valence-electron chi connectivity index (χ3n) is 10.1. The maximum atomic E-state index is 13.1. The molecule has 7 rings (SSSR count). The average Bonchev–Trinajstić information content (AvgIpc) is 3.42. The summed E-state index contributed by atoms with van der Waals surface area (Å²) in [6, 6.07) is 28.8. The highest BCUT2D eigenvalue weighted by Crippen LogP contribution is 2.56. The van der Waals surface area contributed by atoms with Gasteiger partial charge in [-0.25, -0.2) is 0 Å². The fraction of sp³-hybridized carbons (Fsp3) is 0.361. The van der Waals surface area contributed by atoms with Crippen molar-refractivity contribution in [2.75, 3.05) is 0 Å². The van der Waals surface area contributed by atoms with Crippen LogP contribution in [0.2, 0.25) is 0 Å². The van der Waals surface area contributed by atoms with E-state index in [0.717, 1.165) is 23.3 Å². The first kappa shape index (κ1) is 23.7.